The molecule has 2 aromatic heterocycles. The van der Waals surface area contributed by atoms with E-state index < -0.39 is 23.6 Å². The summed E-state index contributed by atoms with van der Waals surface area (Å²) in [7, 11) is 0. The zero-order valence-corrected chi connectivity index (χ0v) is 23.2. The first kappa shape index (κ1) is 27.8. The number of aromatic nitrogens is 2. The van der Waals surface area contributed by atoms with Crippen molar-refractivity contribution in [3.63, 3.8) is 0 Å². The number of hydrogen-bond donors (Lipinski definition) is 1. The zero-order chi connectivity index (χ0) is 29.1. The maximum atomic E-state index is 13.5. The van der Waals surface area contributed by atoms with Crippen LogP contribution in [0.4, 0.5) is 0 Å². The molecule has 0 saturated heterocycles. The van der Waals surface area contributed by atoms with Gasteiger partial charge in [0.05, 0.1) is 0 Å². The van der Waals surface area contributed by atoms with Crippen molar-refractivity contribution in [1.82, 2.24) is 9.55 Å². The predicted octanol–water partition coefficient (Wildman–Crippen LogP) is 5.82. The van der Waals surface area contributed by atoms with Gasteiger partial charge in [-0.3, -0.25) is 0 Å². The van der Waals surface area contributed by atoms with Crippen molar-refractivity contribution in [2.24, 2.45) is 20.7 Å². The Kier molecular flexibility index (Phi) is 7.75. The van der Waals surface area contributed by atoms with Gasteiger partial charge in [-0.15, -0.1) is 10.2 Å². The minimum Gasteiger partial charge on any atom is -0.453 e. The van der Waals surface area contributed by atoms with Gasteiger partial charge in [0.1, 0.15) is 17.1 Å². The number of benzene rings is 2. The number of carbonyl (C=O) groups excluding carboxylic acids is 1. The first-order valence-corrected chi connectivity index (χ1v) is 13.2. The van der Waals surface area contributed by atoms with E-state index in [0.717, 1.165) is 28.7 Å². The Labute approximate surface area is 235 Å². The Balaban J connectivity index is 1.47. The van der Waals surface area contributed by atoms with Crippen molar-refractivity contribution < 1.29 is 23.5 Å². The van der Waals surface area contributed by atoms with Crippen LogP contribution in [-0.4, -0.2) is 20.6 Å². The van der Waals surface area contributed by atoms with Crippen LogP contribution in [-0.2, 0) is 29.9 Å². The van der Waals surface area contributed by atoms with E-state index in [4.69, 9.17) is 13.6 Å². The smallest absolute Gasteiger partial charge is 0.453 e. The predicted molar refractivity (Wildman–Crippen MR) is 146 cm³/mol. The van der Waals surface area contributed by atoms with E-state index in [1.807, 2.05) is 55.5 Å². The zero-order valence-electron chi connectivity index (χ0n) is 23.2. The normalized spacial score (nSPS) is 13.3. The van der Waals surface area contributed by atoms with E-state index in [0.29, 0.717) is 18.8 Å². The highest BCUT2D eigenvalue weighted by atomic mass is 16.6. The molecule has 41 heavy (non-hydrogen) atoms. The average Bonchev–Trinajstić information content (AvgIpc) is 3.67. The summed E-state index contributed by atoms with van der Waals surface area (Å²) in [5, 5.41) is 26.3. The van der Waals surface area contributed by atoms with Gasteiger partial charge in [-0.1, -0.05) is 55.5 Å². The number of nitrogens with zero attached hydrogens (tertiary/aromatic N) is 6. The quantitative estimate of drug-likeness (QED) is 0.240. The van der Waals surface area contributed by atoms with E-state index in [1.54, 1.807) is 25.3 Å². The number of esters is 1. The summed E-state index contributed by atoms with van der Waals surface area (Å²) in [6, 6.07) is 15.8. The van der Waals surface area contributed by atoms with Gasteiger partial charge >= 0.3 is 11.8 Å². The minimum atomic E-state index is -1.41. The van der Waals surface area contributed by atoms with Gasteiger partial charge in [-0.05, 0) is 54.3 Å². The van der Waals surface area contributed by atoms with Crippen LogP contribution in [0.25, 0.3) is 11.1 Å². The lowest BCUT2D eigenvalue weighted by molar-refractivity contribution is 0.0395. The number of rotatable bonds is 10. The van der Waals surface area contributed by atoms with E-state index in [1.165, 1.54) is 0 Å². The molecule has 0 amide bonds. The third kappa shape index (κ3) is 5.92. The molecule has 12 nitrogen and oxygen atoms in total. The molecule has 0 spiro atoms. The Bertz CT molecular complexity index is 1660. The molecule has 3 heterocycles. The summed E-state index contributed by atoms with van der Waals surface area (Å²) < 4.78 is 17.1. The number of hydrogen-bond acceptors (Lipinski definition) is 11. The molecule has 0 bridgehead atoms. The molecule has 2 aromatic carbocycles. The van der Waals surface area contributed by atoms with Crippen LogP contribution >= 0.6 is 0 Å². The number of ether oxygens (including phenoxy) is 1. The lowest BCUT2D eigenvalue weighted by Crippen LogP contribution is -2.23. The second-order valence-electron chi connectivity index (χ2n) is 10.2. The molecule has 0 radical (unpaired) electrons. The molecule has 1 aliphatic heterocycles. The Hall–Kier alpha value is -4.71. The third-order valence-electron chi connectivity index (χ3n) is 6.67. The van der Waals surface area contributed by atoms with E-state index in [2.05, 4.69) is 25.7 Å². The summed E-state index contributed by atoms with van der Waals surface area (Å²) in [5.41, 5.74) is 2.67. The number of carbonyl (C=O) groups is 1. The highest BCUT2D eigenvalue weighted by molar-refractivity contribution is 5.89. The van der Waals surface area contributed by atoms with Gasteiger partial charge in [-0.25, -0.2) is 14.6 Å². The van der Waals surface area contributed by atoms with Gasteiger partial charge in [0.15, 0.2) is 23.8 Å². The molecule has 0 unspecified atom stereocenters. The van der Waals surface area contributed by atoms with E-state index in [-0.39, 0.29) is 29.5 Å². The van der Waals surface area contributed by atoms with Crippen molar-refractivity contribution in [3.05, 3.63) is 99.0 Å². The molecule has 0 aliphatic carbocycles. The topological polar surface area (TPSA) is 157 Å². The van der Waals surface area contributed by atoms with Crippen molar-refractivity contribution in [3.8, 4) is 11.1 Å². The van der Waals surface area contributed by atoms with Crippen LogP contribution in [0.1, 0.15) is 78.0 Å². The highest BCUT2D eigenvalue weighted by Crippen LogP contribution is 2.34. The van der Waals surface area contributed by atoms with E-state index in [9.17, 15) is 14.7 Å². The fraction of sp³-hybridized carbons (Fsp3) is 0.345. The lowest BCUT2D eigenvalue weighted by atomic mass is 9.97. The van der Waals surface area contributed by atoms with Crippen molar-refractivity contribution in [2.45, 2.75) is 65.5 Å². The summed E-state index contributed by atoms with van der Waals surface area (Å²) in [5.74, 6) is -0.584. The fourth-order valence-corrected chi connectivity index (χ4v) is 4.67. The first-order valence-electron chi connectivity index (χ1n) is 13.2. The molecule has 0 saturated carbocycles. The summed E-state index contributed by atoms with van der Waals surface area (Å²) in [6.45, 7) is 6.71. The van der Waals surface area contributed by atoms with Crippen molar-refractivity contribution >= 4 is 5.97 Å². The van der Waals surface area contributed by atoms with E-state index >= 15 is 0 Å². The van der Waals surface area contributed by atoms with Crippen LogP contribution in [0, 0.1) is 6.92 Å². The Morgan fingerprint density at radius 1 is 1.07 bits per heavy atom. The molecular weight excluding hydrogens is 528 g/mol. The molecule has 12 heteroatoms. The molecule has 0 fully saturated rings. The fourth-order valence-electron chi connectivity index (χ4n) is 4.67. The van der Waals surface area contributed by atoms with Crippen LogP contribution < -0.4 is 5.82 Å². The number of aryl methyl sites for hydroxylation is 2. The minimum absolute atomic E-state index is 0.115. The van der Waals surface area contributed by atoms with Crippen LogP contribution in [0.2, 0.25) is 0 Å². The molecule has 1 aliphatic rings. The number of imidazole rings is 1. The van der Waals surface area contributed by atoms with Gasteiger partial charge < -0.3 is 23.2 Å². The SMILES string of the molecule is CCCc1nc(C(C)(C)O)c(C(=O)OCc2oc(=O)oc2C)n1Cc1ccc(-c2ccccc2C2N=NN=N2)cc1. The van der Waals surface area contributed by atoms with Crippen LogP contribution in [0.15, 0.2) is 82.8 Å². The van der Waals surface area contributed by atoms with Gasteiger partial charge in [-0.2, -0.15) is 0 Å². The molecular formula is C29H30N6O6. The van der Waals surface area contributed by atoms with Gasteiger partial charge in [0.25, 0.3) is 0 Å². The van der Waals surface area contributed by atoms with Gasteiger partial charge in [0.2, 0.25) is 6.17 Å². The van der Waals surface area contributed by atoms with Crippen LogP contribution in [0.3, 0.4) is 0 Å². The monoisotopic (exact) mass is 558 g/mol. The number of aliphatic hydroxyl groups is 1. The highest BCUT2D eigenvalue weighted by Gasteiger charge is 2.33. The molecule has 4 aromatic rings. The third-order valence-corrected chi connectivity index (χ3v) is 6.67. The molecule has 0 atom stereocenters. The lowest BCUT2D eigenvalue weighted by Gasteiger charge is -2.18. The molecule has 212 valence electrons. The molecule has 1 N–H and O–H groups in total. The second kappa shape index (κ2) is 11.4. The summed E-state index contributed by atoms with van der Waals surface area (Å²) in [4.78, 5) is 29.5. The summed E-state index contributed by atoms with van der Waals surface area (Å²) in [6.07, 6.45) is 0.894. The Morgan fingerprint density at radius 3 is 2.41 bits per heavy atom. The largest absolute Gasteiger partial charge is 0.519 e. The Morgan fingerprint density at radius 2 is 1.78 bits per heavy atom. The standard InChI is InChI=1S/C29H30N6O6/c1-5-8-23-30-25(29(3,4)38)24(27(36)39-16-22-17(2)40-28(37)41-22)35(23)15-18-11-13-19(14-12-18)20-9-6-7-10-21(20)26-31-33-34-32-26/h6-7,9-14,26,38H,5,8,15-16H2,1-4H3. The first-order chi connectivity index (χ1) is 19.7. The second-order valence-corrected chi connectivity index (χ2v) is 10.2. The van der Waals surface area contributed by atoms with Crippen LogP contribution in [0.5, 0.6) is 0 Å². The van der Waals surface area contributed by atoms with Crippen molar-refractivity contribution in [2.75, 3.05) is 0 Å². The van der Waals surface area contributed by atoms with Gasteiger partial charge in [0, 0.05) is 18.5 Å². The maximum absolute atomic E-state index is 13.5. The summed E-state index contributed by atoms with van der Waals surface area (Å²) >= 11 is 0. The maximum Gasteiger partial charge on any atom is 0.519 e. The van der Waals surface area contributed by atoms with Crippen molar-refractivity contribution in [1.29, 1.82) is 0 Å². The average molecular weight is 559 g/mol. The molecule has 5 rings (SSSR count).